The molecule has 2 unspecified atom stereocenters. The lowest BCUT2D eigenvalue weighted by atomic mass is 9.89. The number of benzene rings is 1. The number of carbonyl (C=O) groups excluding carboxylic acids is 2. The van der Waals surface area contributed by atoms with Gasteiger partial charge in [-0.25, -0.2) is 0 Å². The van der Waals surface area contributed by atoms with E-state index in [2.05, 4.69) is 10.6 Å². The number of amides is 2. The molecule has 2 aliphatic heterocycles. The van der Waals surface area contributed by atoms with Gasteiger partial charge in [-0.15, -0.1) is 0 Å². The zero-order valence-corrected chi connectivity index (χ0v) is 12.8. The molecule has 22 heavy (non-hydrogen) atoms. The number of anilines is 1. The Morgan fingerprint density at radius 2 is 2.23 bits per heavy atom. The molecule has 6 nitrogen and oxygen atoms in total. The van der Waals surface area contributed by atoms with E-state index >= 15 is 0 Å². The van der Waals surface area contributed by atoms with Crippen molar-refractivity contribution in [1.82, 2.24) is 10.6 Å². The summed E-state index contributed by atoms with van der Waals surface area (Å²) in [6.07, 6.45) is 0.908. The molecule has 0 bridgehead atoms. The van der Waals surface area contributed by atoms with Crippen LogP contribution in [-0.2, 0) is 9.59 Å². The van der Waals surface area contributed by atoms with Crippen molar-refractivity contribution in [2.75, 3.05) is 12.3 Å². The van der Waals surface area contributed by atoms with Crippen LogP contribution < -0.4 is 21.1 Å². The zero-order chi connectivity index (χ0) is 15.9. The first-order valence-corrected chi connectivity index (χ1v) is 7.49. The van der Waals surface area contributed by atoms with Gasteiger partial charge in [-0.3, -0.25) is 9.59 Å². The Balaban J connectivity index is 1.82. The minimum Gasteiger partial charge on any atom is -0.487 e. The van der Waals surface area contributed by atoms with Crippen molar-refractivity contribution >= 4 is 17.5 Å². The van der Waals surface area contributed by atoms with Gasteiger partial charge in [-0.05, 0) is 32.0 Å². The van der Waals surface area contributed by atoms with E-state index in [1.54, 1.807) is 6.07 Å². The van der Waals surface area contributed by atoms with E-state index in [0.29, 0.717) is 18.7 Å². The summed E-state index contributed by atoms with van der Waals surface area (Å²) >= 11 is 0. The summed E-state index contributed by atoms with van der Waals surface area (Å²) in [6, 6.07) is 5.31. The number of hydrogen-bond donors (Lipinski definition) is 3. The highest BCUT2D eigenvalue weighted by Gasteiger charge is 2.36. The number of nitrogens with one attached hydrogen (secondary N) is 2. The molecule has 4 N–H and O–H groups in total. The maximum absolute atomic E-state index is 12.4. The summed E-state index contributed by atoms with van der Waals surface area (Å²) < 4.78 is 5.96. The highest BCUT2D eigenvalue weighted by atomic mass is 16.5. The van der Waals surface area contributed by atoms with Gasteiger partial charge < -0.3 is 21.1 Å². The second-order valence-electron chi connectivity index (χ2n) is 6.63. The summed E-state index contributed by atoms with van der Waals surface area (Å²) in [6.45, 7) is 4.39. The summed E-state index contributed by atoms with van der Waals surface area (Å²) in [5.41, 5.74) is 7.02. The first kappa shape index (κ1) is 14.7. The van der Waals surface area contributed by atoms with Crippen molar-refractivity contribution in [3.05, 3.63) is 23.8 Å². The minimum atomic E-state index is -0.370. The van der Waals surface area contributed by atoms with Gasteiger partial charge in [0, 0.05) is 30.6 Å². The van der Waals surface area contributed by atoms with E-state index in [-0.39, 0.29) is 35.8 Å². The molecule has 0 aliphatic carbocycles. The molecule has 1 fully saturated rings. The molecule has 0 aromatic heterocycles. The number of rotatable bonds is 2. The minimum absolute atomic E-state index is 0.0721. The molecule has 0 radical (unpaired) electrons. The van der Waals surface area contributed by atoms with Crippen molar-refractivity contribution in [1.29, 1.82) is 0 Å². The second-order valence-corrected chi connectivity index (χ2v) is 6.63. The Kier molecular flexibility index (Phi) is 3.47. The van der Waals surface area contributed by atoms with Crippen LogP contribution in [0.15, 0.2) is 18.2 Å². The molecule has 2 heterocycles. The number of ether oxygens (including phenoxy) is 1. The molecule has 1 aromatic carbocycles. The van der Waals surface area contributed by atoms with E-state index in [1.165, 1.54) is 0 Å². The lowest BCUT2D eigenvalue weighted by Gasteiger charge is -2.38. The van der Waals surface area contributed by atoms with E-state index in [4.69, 9.17) is 10.5 Å². The topological polar surface area (TPSA) is 93.5 Å². The third-order valence-electron chi connectivity index (χ3n) is 4.16. The van der Waals surface area contributed by atoms with Crippen LogP contribution in [0, 0.1) is 5.92 Å². The maximum atomic E-state index is 12.4. The fourth-order valence-corrected chi connectivity index (χ4v) is 3.08. The molecule has 0 spiro atoms. The predicted molar refractivity (Wildman–Crippen MR) is 82.2 cm³/mol. The summed E-state index contributed by atoms with van der Waals surface area (Å²) in [5.74, 6) is 0.269. The SMILES string of the molecule is CC1(C)CC(NC(=O)C2CNC(=O)C2)c2cc(N)ccc2O1. The van der Waals surface area contributed by atoms with Crippen LogP contribution in [0.4, 0.5) is 5.69 Å². The van der Waals surface area contributed by atoms with Crippen molar-refractivity contribution in [3.8, 4) is 5.75 Å². The predicted octanol–water partition coefficient (Wildman–Crippen LogP) is 1.12. The van der Waals surface area contributed by atoms with Gasteiger partial charge in [0.25, 0.3) is 0 Å². The van der Waals surface area contributed by atoms with E-state index < -0.39 is 0 Å². The Morgan fingerprint density at radius 3 is 2.91 bits per heavy atom. The van der Waals surface area contributed by atoms with Crippen molar-refractivity contribution in [2.45, 2.75) is 38.3 Å². The third-order valence-corrected chi connectivity index (χ3v) is 4.16. The molecule has 6 heteroatoms. The summed E-state index contributed by atoms with van der Waals surface area (Å²) in [7, 11) is 0. The van der Waals surface area contributed by atoms with Crippen LogP contribution in [0.3, 0.4) is 0 Å². The van der Waals surface area contributed by atoms with Crippen LogP contribution in [0.1, 0.15) is 38.3 Å². The Hall–Kier alpha value is -2.24. The van der Waals surface area contributed by atoms with Crippen LogP contribution in [0.2, 0.25) is 0 Å². The Morgan fingerprint density at radius 1 is 1.45 bits per heavy atom. The van der Waals surface area contributed by atoms with Crippen molar-refractivity contribution in [3.63, 3.8) is 0 Å². The van der Waals surface area contributed by atoms with Gasteiger partial charge in [0.05, 0.1) is 12.0 Å². The normalized spacial score (nSPS) is 25.8. The Labute approximate surface area is 129 Å². The molecule has 2 amide bonds. The fraction of sp³-hybridized carbons (Fsp3) is 0.500. The fourth-order valence-electron chi connectivity index (χ4n) is 3.08. The monoisotopic (exact) mass is 303 g/mol. The largest absolute Gasteiger partial charge is 0.487 e. The molecule has 2 aliphatic rings. The first-order chi connectivity index (χ1) is 10.3. The third kappa shape index (κ3) is 2.86. The molecule has 118 valence electrons. The van der Waals surface area contributed by atoms with Crippen molar-refractivity contribution < 1.29 is 14.3 Å². The average Bonchev–Trinajstić information content (AvgIpc) is 2.85. The lowest BCUT2D eigenvalue weighted by molar-refractivity contribution is -0.127. The first-order valence-electron chi connectivity index (χ1n) is 7.49. The second kappa shape index (κ2) is 5.19. The molecular weight excluding hydrogens is 282 g/mol. The zero-order valence-electron chi connectivity index (χ0n) is 12.8. The molecule has 3 rings (SSSR count). The maximum Gasteiger partial charge on any atom is 0.225 e. The van der Waals surface area contributed by atoms with E-state index in [9.17, 15) is 9.59 Å². The summed E-state index contributed by atoms with van der Waals surface area (Å²) in [5, 5.41) is 5.74. The quantitative estimate of drug-likeness (QED) is 0.714. The molecule has 0 saturated carbocycles. The van der Waals surface area contributed by atoms with Crippen LogP contribution in [-0.4, -0.2) is 24.0 Å². The van der Waals surface area contributed by atoms with E-state index in [0.717, 1.165) is 11.3 Å². The van der Waals surface area contributed by atoms with Crippen LogP contribution >= 0.6 is 0 Å². The number of carbonyl (C=O) groups is 2. The van der Waals surface area contributed by atoms with Crippen LogP contribution in [0.5, 0.6) is 5.75 Å². The number of hydrogen-bond acceptors (Lipinski definition) is 4. The summed E-state index contributed by atoms with van der Waals surface area (Å²) in [4.78, 5) is 23.7. The van der Waals surface area contributed by atoms with Gasteiger partial charge in [-0.1, -0.05) is 0 Å². The number of fused-ring (bicyclic) bond motifs is 1. The lowest BCUT2D eigenvalue weighted by Crippen LogP contribution is -2.43. The van der Waals surface area contributed by atoms with Gasteiger partial charge in [0.1, 0.15) is 11.4 Å². The highest BCUT2D eigenvalue weighted by Crippen LogP contribution is 2.40. The van der Waals surface area contributed by atoms with Gasteiger partial charge in [0.2, 0.25) is 11.8 Å². The van der Waals surface area contributed by atoms with Crippen LogP contribution in [0.25, 0.3) is 0 Å². The number of nitrogen functional groups attached to an aromatic ring is 1. The van der Waals surface area contributed by atoms with E-state index in [1.807, 2.05) is 26.0 Å². The van der Waals surface area contributed by atoms with Gasteiger partial charge in [0.15, 0.2) is 0 Å². The van der Waals surface area contributed by atoms with Crippen molar-refractivity contribution in [2.24, 2.45) is 5.92 Å². The van der Waals surface area contributed by atoms with Gasteiger partial charge in [-0.2, -0.15) is 0 Å². The highest BCUT2D eigenvalue weighted by molar-refractivity contribution is 5.89. The van der Waals surface area contributed by atoms with Gasteiger partial charge >= 0.3 is 0 Å². The smallest absolute Gasteiger partial charge is 0.225 e. The molecule has 1 aromatic rings. The number of nitrogens with two attached hydrogens (primary N) is 1. The molecule has 1 saturated heterocycles. The molecule has 2 atom stereocenters. The standard InChI is InChI=1S/C16H21N3O3/c1-16(2)7-12(11-6-10(17)3-4-13(11)22-16)19-15(21)9-5-14(20)18-8-9/h3-4,6,9,12H,5,7-8,17H2,1-2H3,(H,18,20)(H,19,21). The average molecular weight is 303 g/mol. The Bertz CT molecular complexity index is 627. The molecular formula is C16H21N3O3.